The van der Waals surface area contributed by atoms with Crippen LogP contribution in [0.2, 0.25) is 0 Å². The molecule has 0 saturated heterocycles. The summed E-state index contributed by atoms with van der Waals surface area (Å²) < 4.78 is 38.0. The average Bonchev–Trinajstić information content (AvgIpc) is 3.60. The zero-order valence-corrected chi connectivity index (χ0v) is 20.9. The minimum absolute atomic E-state index is 0.0605. The molecule has 1 unspecified atom stereocenters. The summed E-state index contributed by atoms with van der Waals surface area (Å²) in [6.07, 6.45) is 1.96. The van der Waals surface area contributed by atoms with E-state index in [1.54, 1.807) is 23.1 Å². The van der Waals surface area contributed by atoms with Gasteiger partial charge in [-0.25, -0.2) is 8.42 Å². The van der Waals surface area contributed by atoms with E-state index in [0.29, 0.717) is 41.2 Å². The summed E-state index contributed by atoms with van der Waals surface area (Å²) in [6.45, 7) is 1.09. The number of para-hydroxylation sites is 2. The highest BCUT2D eigenvalue weighted by Crippen LogP contribution is 2.39. The molecule has 0 radical (unpaired) electrons. The van der Waals surface area contributed by atoms with E-state index >= 15 is 0 Å². The van der Waals surface area contributed by atoms with Crippen LogP contribution >= 0.6 is 15.9 Å². The Kier molecular flexibility index (Phi) is 6.28. The van der Waals surface area contributed by atoms with Gasteiger partial charge in [-0.1, -0.05) is 12.1 Å². The third-order valence-electron chi connectivity index (χ3n) is 6.25. The molecule has 2 heterocycles. The fourth-order valence-corrected chi connectivity index (χ4v) is 6.67. The minimum atomic E-state index is -3.75. The Morgan fingerprint density at radius 3 is 2.68 bits per heavy atom. The van der Waals surface area contributed by atoms with Crippen molar-refractivity contribution in [3.05, 3.63) is 46.4 Å². The number of hydrogen-bond acceptors (Lipinski definition) is 6. The molecule has 0 aromatic heterocycles. The molecule has 1 fully saturated rings. The number of ether oxygens (including phenoxy) is 2. The van der Waals surface area contributed by atoms with Crippen molar-refractivity contribution in [3.8, 4) is 11.5 Å². The van der Waals surface area contributed by atoms with Crippen molar-refractivity contribution in [1.82, 2.24) is 5.32 Å². The van der Waals surface area contributed by atoms with Gasteiger partial charge in [0.15, 0.2) is 21.3 Å². The lowest BCUT2D eigenvalue weighted by atomic mass is 10.2. The van der Waals surface area contributed by atoms with Gasteiger partial charge < -0.3 is 19.7 Å². The lowest BCUT2D eigenvalue weighted by molar-refractivity contribution is -0.121. The topological polar surface area (TPSA) is 102 Å². The Bertz CT molecular complexity index is 1240. The Morgan fingerprint density at radius 2 is 1.91 bits per heavy atom. The highest BCUT2D eigenvalue weighted by Gasteiger charge is 2.37. The second kappa shape index (κ2) is 9.22. The lowest BCUT2D eigenvalue weighted by Gasteiger charge is -2.26. The van der Waals surface area contributed by atoms with Crippen molar-refractivity contribution in [2.45, 2.75) is 36.7 Å². The number of carbonyl (C=O) groups excluding carboxylic acids is 2. The van der Waals surface area contributed by atoms with Crippen LogP contribution in [0, 0.1) is 5.92 Å². The summed E-state index contributed by atoms with van der Waals surface area (Å²) in [5.41, 5.74) is 1.62. The summed E-state index contributed by atoms with van der Waals surface area (Å²) in [5.74, 6) is 0.691. The van der Waals surface area contributed by atoms with E-state index < -0.39 is 9.84 Å². The number of sulfone groups is 1. The summed E-state index contributed by atoms with van der Waals surface area (Å²) in [5, 5.41) is 2.73. The van der Waals surface area contributed by atoms with Gasteiger partial charge in [0.05, 0.1) is 17.2 Å². The Balaban J connectivity index is 1.19. The number of carbonyl (C=O) groups is 2. The molecule has 1 saturated carbocycles. The molecule has 2 aromatic carbocycles. The smallest absolute Gasteiger partial charge is 0.230 e. The van der Waals surface area contributed by atoms with Gasteiger partial charge in [-0.3, -0.25) is 9.59 Å². The number of fused-ring (bicyclic) bond motifs is 2. The highest BCUT2D eigenvalue weighted by atomic mass is 79.9. The van der Waals surface area contributed by atoms with Crippen LogP contribution in [0.5, 0.6) is 11.5 Å². The van der Waals surface area contributed by atoms with Gasteiger partial charge in [0, 0.05) is 29.0 Å². The van der Waals surface area contributed by atoms with Gasteiger partial charge in [0.25, 0.3) is 0 Å². The van der Waals surface area contributed by atoms with Gasteiger partial charge in [-0.15, -0.1) is 0 Å². The Morgan fingerprint density at radius 1 is 1.15 bits per heavy atom. The summed E-state index contributed by atoms with van der Waals surface area (Å²) in [7, 11) is -3.75. The standard InChI is InChI=1S/C24H25BrN2O6S/c25-18-11-16-7-9-27(24(29)15-5-6-15)19(16)12-22(18)34(30,31)10-8-23(28)26-13-17-14-32-20-3-1-2-4-21(20)33-17/h1-4,11-12,15,17H,5-10,13-14H2,(H,26,28). The quantitative estimate of drug-likeness (QED) is 0.570. The molecule has 34 heavy (non-hydrogen) atoms. The van der Waals surface area contributed by atoms with E-state index in [2.05, 4.69) is 21.2 Å². The molecule has 2 amide bonds. The second-order valence-corrected chi connectivity index (χ2v) is 11.7. The number of nitrogens with zero attached hydrogens (tertiary/aromatic N) is 1. The van der Waals surface area contributed by atoms with Crippen LogP contribution in [-0.2, 0) is 25.8 Å². The summed E-state index contributed by atoms with van der Waals surface area (Å²) in [6, 6.07) is 10.7. The number of rotatable bonds is 7. The zero-order valence-electron chi connectivity index (χ0n) is 18.5. The molecule has 8 nitrogen and oxygen atoms in total. The van der Waals surface area contributed by atoms with Crippen LogP contribution in [0.25, 0.3) is 0 Å². The molecule has 180 valence electrons. The maximum atomic E-state index is 13.1. The maximum absolute atomic E-state index is 13.1. The molecule has 1 N–H and O–H groups in total. The minimum Gasteiger partial charge on any atom is -0.486 e. The molecule has 2 aromatic rings. The van der Waals surface area contributed by atoms with E-state index in [4.69, 9.17) is 9.47 Å². The van der Waals surface area contributed by atoms with Crippen LogP contribution in [0.4, 0.5) is 5.69 Å². The SMILES string of the molecule is O=C(CCS(=O)(=O)c1cc2c(cc1Br)CCN2C(=O)C1CC1)NCC1COc2ccccc2O1. The molecule has 1 aliphatic carbocycles. The van der Waals surface area contributed by atoms with Gasteiger partial charge >= 0.3 is 0 Å². The number of halogens is 1. The first-order valence-corrected chi connectivity index (χ1v) is 13.8. The number of hydrogen-bond donors (Lipinski definition) is 1. The molecular weight excluding hydrogens is 524 g/mol. The van der Waals surface area contributed by atoms with Gasteiger partial charge in [0.1, 0.15) is 12.7 Å². The van der Waals surface area contributed by atoms with Crippen molar-refractivity contribution >= 4 is 43.3 Å². The monoisotopic (exact) mass is 548 g/mol. The van der Waals surface area contributed by atoms with Gasteiger partial charge in [-0.2, -0.15) is 0 Å². The zero-order chi connectivity index (χ0) is 23.9. The first-order valence-electron chi connectivity index (χ1n) is 11.3. The fraction of sp³-hybridized carbons (Fsp3) is 0.417. The molecule has 3 aliphatic rings. The first-order chi connectivity index (χ1) is 16.3. The molecule has 10 heteroatoms. The van der Waals surface area contributed by atoms with Crippen LogP contribution in [-0.4, -0.2) is 51.8 Å². The first kappa shape index (κ1) is 23.2. The number of nitrogens with one attached hydrogen (secondary N) is 1. The fourth-order valence-electron chi connectivity index (χ4n) is 4.22. The molecular formula is C24H25BrN2O6S. The summed E-state index contributed by atoms with van der Waals surface area (Å²) in [4.78, 5) is 26.8. The summed E-state index contributed by atoms with van der Waals surface area (Å²) >= 11 is 3.37. The third-order valence-corrected chi connectivity index (χ3v) is 8.92. The largest absolute Gasteiger partial charge is 0.486 e. The molecule has 1 atom stereocenters. The van der Waals surface area contributed by atoms with Gasteiger partial charge in [-0.05, 0) is 65.0 Å². The van der Waals surface area contributed by atoms with E-state index in [-0.39, 0.29) is 47.5 Å². The van der Waals surface area contributed by atoms with E-state index in [9.17, 15) is 18.0 Å². The van der Waals surface area contributed by atoms with Crippen LogP contribution in [0.15, 0.2) is 45.8 Å². The van der Waals surface area contributed by atoms with Crippen molar-refractivity contribution < 1.29 is 27.5 Å². The van der Waals surface area contributed by atoms with Crippen LogP contribution in [0.1, 0.15) is 24.8 Å². The van der Waals surface area contributed by atoms with E-state index in [1.807, 2.05) is 18.2 Å². The van der Waals surface area contributed by atoms with E-state index in [1.165, 1.54) is 0 Å². The van der Waals surface area contributed by atoms with Gasteiger partial charge in [0.2, 0.25) is 11.8 Å². The highest BCUT2D eigenvalue weighted by molar-refractivity contribution is 9.10. The predicted octanol–water partition coefficient (Wildman–Crippen LogP) is 2.87. The molecule has 0 bridgehead atoms. The number of benzene rings is 2. The normalized spacial score (nSPS) is 19.0. The Hall–Kier alpha value is -2.59. The third kappa shape index (κ3) is 4.79. The van der Waals surface area contributed by atoms with Crippen molar-refractivity contribution in [2.24, 2.45) is 5.92 Å². The van der Waals surface area contributed by atoms with E-state index in [0.717, 1.165) is 18.4 Å². The molecule has 5 rings (SSSR count). The van der Waals surface area contributed by atoms with Crippen LogP contribution < -0.4 is 19.7 Å². The maximum Gasteiger partial charge on any atom is 0.230 e. The average molecular weight is 549 g/mol. The van der Waals surface area contributed by atoms with Crippen molar-refractivity contribution in [1.29, 1.82) is 0 Å². The van der Waals surface area contributed by atoms with Crippen molar-refractivity contribution in [3.63, 3.8) is 0 Å². The molecule has 0 spiro atoms. The predicted molar refractivity (Wildman–Crippen MR) is 129 cm³/mol. The Labute approximate surface area is 206 Å². The number of anilines is 1. The number of amides is 2. The molecule has 2 aliphatic heterocycles. The lowest BCUT2D eigenvalue weighted by Crippen LogP contribution is -2.41. The van der Waals surface area contributed by atoms with Crippen LogP contribution in [0.3, 0.4) is 0 Å². The van der Waals surface area contributed by atoms with Crippen molar-refractivity contribution in [2.75, 3.05) is 30.3 Å². The second-order valence-electron chi connectivity index (χ2n) is 8.80.